The molecule has 0 saturated heterocycles. The van der Waals surface area contributed by atoms with Crippen LogP contribution in [0, 0.1) is 5.82 Å². The largest absolute Gasteiger partial charge is 0.384 e. The van der Waals surface area contributed by atoms with Gasteiger partial charge in [0, 0.05) is 10.0 Å². The van der Waals surface area contributed by atoms with Crippen LogP contribution in [0.25, 0.3) is 0 Å². The second-order valence-corrected chi connectivity index (χ2v) is 6.19. The fourth-order valence-corrected chi connectivity index (χ4v) is 3.19. The Bertz CT molecular complexity index is 585. The molecule has 1 nitrogen and oxygen atoms in total. The minimum absolute atomic E-state index is 0.295. The molecular formula is C17H16BrFO. The lowest BCUT2D eigenvalue weighted by Crippen LogP contribution is -2.09. The van der Waals surface area contributed by atoms with E-state index >= 15 is 0 Å². The normalized spacial score (nSPS) is 16.8. The van der Waals surface area contributed by atoms with Crippen molar-refractivity contribution >= 4 is 15.9 Å². The summed E-state index contributed by atoms with van der Waals surface area (Å²) in [6.07, 6.45) is 2.86. The number of hydrogen-bond acceptors (Lipinski definition) is 1. The van der Waals surface area contributed by atoms with Crippen molar-refractivity contribution in [3.05, 3.63) is 69.4 Å². The molecule has 104 valence electrons. The van der Waals surface area contributed by atoms with Gasteiger partial charge in [-0.1, -0.05) is 52.7 Å². The molecule has 0 radical (unpaired) electrons. The summed E-state index contributed by atoms with van der Waals surface area (Å²) in [6, 6.07) is 12.6. The van der Waals surface area contributed by atoms with Crippen LogP contribution < -0.4 is 0 Å². The van der Waals surface area contributed by atoms with Crippen molar-refractivity contribution in [2.45, 2.75) is 31.3 Å². The van der Waals surface area contributed by atoms with Gasteiger partial charge < -0.3 is 5.11 Å². The standard InChI is InChI=1S/C17H16BrFO/c18-14-5-2-6-15(19)16(14)17(20)13-9-7-12(8-10-13)11-3-1-4-11/h2,5-11,17,20H,1,3-4H2. The Hall–Kier alpha value is -1.19. The van der Waals surface area contributed by atoms with Gasteiger partial charge in [0.15, 0.2) is 0 Å². The molecule has 20 heavy (non-hydrogen) atoms. The third-order valence-corrected chi connectivity index (χ3v) is 4.79. The number of rotatable bonds is 3. The molecule has 0 aliphatic heterocycles. The van der Waals surface area contributed by atoms with Crippen LogP contribution in [0.5, 0.6) is 0 Å². The molecule has 0 bridgehead atoms. The molecule has 3 heteroatoms. The molecule has 0 heterocycles. The van der Waals surface area contributed by atoms with Crippen LogP contribution in [0.15, 0.2) is 46.9 Å². The highest BCUT2D eigenvalue weighted by atomic mass is 79.9. The summed E-state index contributed by atoms with van der Waals surface area (Å²) < 4.78 is 14.5. The maximum atomic E-state index is 13.9. The summed E-state index contributed by atoms with van der Waals surface area (Å²) in [4.78, 5) is 0. The van der Waals surface area contributed by atoms with E-state index in [1.165, 1.54) is 30.9 Å². The minimum atomic E-state index is -0.944. The summed E-state index contributed by atoms with van der Waals surface area (Å²) in [5, 5.41) is 10.4. The molecule has 0 amide bonds. The Morgan fingerprint density at radius 3 is 2.35 bits per heavy atom. The van der Waals surface area contributed by atoms with Crippen LogP contribution in [-0.2, 0) is 0 Å². The Balaban J connectivity index is 1.88. The number of benzene rings is 2. The second kappa shape index (κ2) is 5.66. The van der Waals surface area contributed by atoms with Crippen molar-refractivity contribution in [3.8, 4) is 0 Å². The van der Waals surface area contributed by atoms with E-state index in [2.05, 4.69) is 28.1 Å². The van der Waals surface area contributed by atoms with Crippen molar-refractivity contribution in [2.75, 3.05) is 0 Å². The molecule has 1 saturated carbocycles. The molecule has 2 aromatic rings. The fourth-order valence-electron chi connectivity index (χ4n) is 2.63. The van der Waals surface area contributed by atoms with Gasteiger partial charge in [-0.25, -0.2) is 4.39 Å². The van der Waals surface area contributed by atoms with E-state index in [0.29, 0.717) is 16.0 Å². The molecule has 1 fully saturated rings. The van der Waals surface area contributed by atoms with E-state index in [-0.39, 0.29) is 0 Å². The zero-order chi connectivity index (χ0) is 14.1. The van der Waals surface area contributed by atoms with Crippen LogP contribution >= 0.6 is 15.9 Å². The third-order valence-electron chi connectivity index (χ3n) is 4.10. The minimum Gasteiger partial charge on any atom is -0.384 e. The lowest BCUT2D eigenvalue weighted by atomic mass is 9.80. The highest BCUT2D eigenvalue weighted by Crippen LogP contribution is 2.37. The van der Waals surface area contributed by atoms with Gasteiger partial charge in [-0.3, -0.25) is 0 Å². The first-order valence-corrected chi connectivity index (χ1v) is 7.68. The van der Waals surface area contributed by atoms with Crippen molar-refractivity contribution in [2.24, 2.45) is 0 Å². The van der Waals surface area contributed by atoms with Crippen molar-refractivity contribution in [1.29, 1.82) is 0 Å². The maximum Gasteiger partial charge on any atom is 0.130 e. The predicted molar refractivity (Wildman–Crippen MR) is 81.2 cm³/mol. The topological polar surface area (TPSA) is 20.2 Å². The van der Waals surface area contributed by atoms with Gasteiger partial charge in [-0.15, -0.1) is 0 Å². The van der Waals surface area contributed by atoms with E-state index in [1.54, 1.807) is 12.1 Å². The monoisotopic (exact) mass is 334 g/mol. The summed E-state index contributed by atoms with van der Waals surface area (Å²) in [5.41, 5.74) is 2.34. The van der Waals surface area contributed by atoms with E-state index in [0.717, 1.165) is 5.56 Å². The average molecular weight is 335 g/mol. The van der Waals surface area contributed by atoms with E-state index in [9.17, 15) is 9.50 Å². The first-order chi connectivity index (χ1) is 9.66. The van der Waals surface area contributed by atoms with Gasteiger partial charge in [-0.2, -0.15) is 0 Å². The van der Waals surface area contributed by atoms with E-state index < -0.39 is 11.9 Å². The fraction of sp³-hybridized carbons (Fsp3) is 0.294. The molecule has 1 N–H and O–H groups in total. The predicted octanol–water partition coefficient (Wildman–Crippen LogP) is 4.94. The number of aliphatic hydroxyl groups excluding tert-OH is 1. The Labute approximate surface area is 126 Å². The van der Waals surface area contributed by atoms with E-state index in [4.69, 9.17) is 0 Å². The SMILES string of the molecule is OC(c1ccc(C2CCC2)cc1)c1c(F)cccc1Br. The maximum absolute atomic E-state index is 13.9. The zero-order valence-electron chi connectivity index (χ0n) is 11.0. The van der Waals surface area contributed by atoms with Gasteiger partial charge in [0.1, 0.15) is 11.9 Å². The van der Waals surface area contributed by atoms with Gasteiger partial charge in [0.25, 0.3) is 0 Å². The molecule has 0 spiro atoms. The lowest BCUT2D eigenvalue weighted by Gasteiger charge is -2.26. The Kier molecular flexibility index (Phi) is 3.90. The molecule has 1 unspecified atom stereocenters. The average Bonchev–Trinajstić information content (AvgIpc) is 2.37. The van der Waals surface area contributed by atoms with Gasteiger partial charge >= 0.3 is 0 Å². The summed E-state index contributed by atoms with van der Waals surface area (Å²) in [7, 11) is 0. The molecular weight excluding hydrogens is 319 g/mol. The van der Waals surface area contributed by atoms with E-state index in [1.807, 2.05) is 12.1 Å². The smallest absolute Gasteiger partial charge is 0.130 e. The third kappa shape index (κ3) is 2.52. The Morgan fingerprint density at radius 1 is 1.10 bits per heavy atom. The van der Waals surface area contributed by atoms with Gasteiger partial charge in [0.05, 0.1) is 0 Å². The van der Waals surface area contributed by atoms with Crippen LogP contribution in [0.1, 0.15) is 48.0 Å². The number of halogens is 2. The molecule has 3 rings (SSSR count). The first-order valence-electron chi connectivity index (χ1n) is 6.88. The first kappa shape index (κ1) is 13.8. The van der Waals surface area contributed by atoms with Crippen LogP contribution in [0.2, 0.25) is 0 Å². The van der Waals surface area contributed by atoms with Crippen LogP contribution in [0.4, 0.5) is 4.39 Å². The molecule has 2 aromatic carbocycles. The molecule has 0 aromatic heterocycles. The number of hydrogen-bond donors (Lipinski definition) is 1. The molecule has 1 atom stereocenters. The second-order valence-electron chi connectivity index (χ2n) is 5.33. The quantitative estimate of drug-likeness (QED) is 0.843. The highest BCUT2D eigenvalue weighted by Gasteiger charge is 2.21. The molecule has 1 aliphatic rings. The van der Waals surface area contributed by atoms with Crippen LogP contribution in [0.3, 0.4) is 0 Å². The van der Waals surface area contributed by atoms with Gasteiger partial charge in [0.2, 0.25) is 0 Å². The summed E-state index contributed by atoms with van der Waals surface area (Å²) in [5.74, 6) is 0.274. The number of aliphatic hydroxyl groups is 1. The summed E-state index contributed by atoms with van der Waals surface area (Å²) >= 11 is 3.30. The van der Waals surface area contributed by atoms with Gasteiger partial charge in [-0.05, 0) is 42.0 Å². The van der Waals surface area contributed by atoms with Crippen molar-refractivity contribution < 1.29 is 9.50 Å². The van der Waals surface area contributed by atoms with Crippen LogP contribution in [-0.4, -0.2) is 5.11 Å². The zero-order valence-corrected chi connectivity index (χ0v) is 12.6. The molecule has 1 aliphatic carbocycles. The Morgan fingerprint density at radius 2 is 1.80 bits per heavy atom. The lowest BCUT2D eigenvalue weighted by molar-refractivity contribution is 0.214. The van der Waals surface area contributed by atoms with Crippen molar-refractivity contribution in [3.63, 3.8) is 0 Å². The van der Waals surface area contributed by atoms with Crippen molar-refractivity contribution in [1.82, 2.24) is 0 Å². The highest BCUT2D eigenvalue weighted by molar-refractivity contribution is 9.10. The summed E-state index contributed by atoms with van der Waals surface area (Å²) in [6.45, 7) is 0.